The molecular formula is C11H8Br2NO. The van der Waals surface area contributed by atoms with Crippen molar-refractivity contribution in [2.75, 3.05) is 0 Å². The summed E-state index contributed by atoms with van der Waals surface area (Å²) in [6, 6.07) is 9.47. The molecule has 0 saturated heterocycles. The van der Waals surface area contributed by atoms with Crippen molar-refractivity contribution >= 4 is 31.9 Å². The van der Waals surface area contributed by atoms with Crippen molar-refractivity contribution in [3.8, 4) is 11.6 Å². The van der Waals surface area contributed by atoms with Gasteiger partial charge in [0.05, 0.1) is 10.7 Å². The van der Waals surface area contributed by atoms with Crippen LogP contribution in [0.2, 0.25) is 0 Å². The summed E-state index contributed by atoms with van der Waals surface area (Å²) < 4.78 is 9.39. The number of aryl methyl sites for hydroxylation is 1. The van der Waals surface area contributed by atoms with Crippen LogP contribution in [0.15, 0.2) is 39.3 Å². The Labute approximate surface area is 105 Å². The maximum atomic E-state index is 5.72. The molecule has 0 bridgehead atoms. The van der Waals surface area contributed by atoms with Gasteiger partial charge >= 0.3 is 0 Å². The fraction of sp³-hybridized carbons (Fsp3) is 0.0909. The van der Waals surface area contributed by atoms with Gasteiger partial charge in [0.1, 0.15) is 5.75 Å². The van der Waals surface area contributed by atoms with E-state index >= 15 is 0 Å². The first-order valence-corrected chi connectivity index (χ1v) is 5.92. The minimum atomic E-state index is 0.758. The van der Waals surface area contributed by atoms with Crippen molar-refractivity contribution in [1.29, 1.82) is 0 Å². The van der Waals surface area contributed by atoms with E-state index in [0.29, 0.717) is 0 Å². The summed E-state index contributed by atoms with van der Waals surface area (Å²) >= 11 is 6.89. The lowest BCUT2D eigenvalue weighted by atomic mass is 10.3. The van der Waals surface area contributed by atoms with E-state index in [2.05, 4.69) is 38.1 Å². The minimum Gasteiger partial charge on any atom is -0.440 e. The zero-order chi connectivity index (χ0) is 10.8. The molecule has 2 aromatic rings. The predicted molar refractivity (Wildman–Crippen MR) is 66.2 cm³/mol. The Balaban J connectivity index is 2.33. The fourth-order valence-electron chi connectivity index (χ4n) is 1.17. The average Bonchev–Trinajstić information content (AvgIpc) is 2.60. The van der Waals surface area contributed by atoms with E-state index in [1.165, 1.54) is 0 Å². The first kappa shape index (κ1) is 10.8. The molecule has 2 nitrogen and oxygen atoms in total. The van der Waals surface area contributed by atoms with Gasteiger partial charge in [-0.05, 0) is 50.1 Å². The van der Waals surface area contributed by atoms with Gasteiger partial charge in [-0.25, -0.2) is 0 Å². The zero-order valence-corrected chi connectivity index (χ0v) is 11.2. The third kappa shape index (κ3) is 2.26. The molecule has 1 heterocycles. The van der Waals surface area contributed by atoms with Gasteiger partial charge < -0.3 is 9.30 Å². The first-order valence-electron chi connectivity index (χ1n) is 4.34. The Morgan fingerprint density at radius 2 is 2.07 bits per heavy atom. The third-order valence-electron chi connectivity index (χ3n) is 1.96. The topological polar surface area (TPSA) is 14.2 Å². The summed E-state index contributed by atoms with van der Waals surface area (Å²) in [5, 5.41) is 0. The summed E-state index contributed by atoms with van der Waals surface area (Å²) in [4.78, 5) is 0. The summed E-state index contributed by atoms with van der Waals surface area (Å²) in [5.41, 5.74) is 0. The Morgan fingerprint density at radius 3 is 2.73 bits per heavy atom. The third-order valence-corrected chi connectivity index (χ3v) is 3.97. The van der Waals surface area contributed by atoms with Crippen LogP contribution in [0.5, 0.6) is 11.6 Å². The molecule has 0 fully saturated rings. The fourth-order valence-corrected chi connectivity index (χ4v) is 1.87. The van der Waals surface area contributed by atoms with Gasteiger partial charge in [-0.2, -0.15) is 0 Å². The highest BCUT2D eigenvalue weighted by atomic mass is 79.9. The van der Waals surface area contributed by atoms with E-state index < -0.39 is 0 Å². The highest BCUT2D eigenvalue weighted by Gasteiger charge is 2.07. The van der Waals surface area contributed by atoms with Crippen molar-refractivity contribution in [1.82, 2.24) is 4.57 Å². The van der Waals surface area contributed by atoms with Crippen molar-refractivity contribution in [3.63, 3.8) is 0 Å². The van der Waals surface area contributed by atoms with Crippen molar-refractivity contribution < 1.29 is 4.74 Å². The van der Waals surface area contributed by atoms with Crippen LogP contribution in [0.1, 0.15) is 0 Å². The molecule has 0 spiro atoms. The molecule has 0 atom stereocenters. The maximum Gasteiger partial charge on any atom is 0.200 e. The number of benzene rings is 1. The smallest absolute Gasteiger partial charge is 0.200 e. The van der Waals surface area contributed by atoms with Crippen molar-refractivity contribution in [3.05, 3.63) is 45.5 Å². The van der Waals surface area contributed by atoms with E-state index in [4.69, 9.17) is 4.74 Å². The Hall–Kier alpha value is -0.740. The van der Waals surface area contributed by atoms with Gasteiger partial charge in [0, 0.05) is 17.6 Å². The lowest BCUT2D eigenvalue weighted by Crippen LogP contribution is -1.92. The second kappa shape index (κ2) is 4.41. The Morgan fingerprint density at radius 1 is 1.27 bits per heavy atom. The lowest BCUT2D eigenvalue weighted by Gasteiger charge is -2.08. The number of hydrogen-bond acceptors (Lipinski definition) is 1. The van der Waals surface area contributed by atoms with Gasteiger partial charge in [0.25, 0.3) is 0 Å². The zero-order valence-electron chi connectivity index (χ0n) is 8.00. The summed E-state index contributed by atoms with van der Waals surface area (Å²) in [6.45, 7) is 0. The highest BCUT2D eigenvalue weighted by Crippen LogP contribution is 2.34. The van der Waals surface area contributed by atoms with Crippen LogP contribution in [0, 0.1) is 6.20 Å². The highest BCUT2D eigenvalue weighted by molar-refractivity contribution is 9.13. The molecule has 4 heteroatoms. The normalized spacial score (nSPS) is 10.3. The van der Waals surface area contributed by atoms with E-state index in [1.54, 1.807) is 4.57 Å². The van der Waals surface area contributed by atoms with Crippen LogP contribution >= 0.6 is 31.9 Å². The van der Waals surface area contributed by atoms with Gasteiger partial charge in [0.2, 0.25) is 0 Å². The number of nitrogens with zero attached hydrogens (tertiary/aromatic N) is 1. The molecule has 1 radical (unpaired) electrons. The largest absolute Gasteiger partial charge is 0.440 e. The van der Waals surface area contributed by atoms with Crippen LogP contribution in [-0.2, 0) is 7.05 Å². The van der Waals surface area contributed by atoms with Crippen LogP contribution in [-0.4, -0.2) is 4.57 Å². The molecule has 0 aliphatic heterocycles. The van der Waals surface area contributed by atoms with Crippen LogP contribution in [0.3, 0.4) is 0 Å². The average molecular weight is 330 g/mol. The Bertz CT molecular complexity index is 479. The lowest BCUT2D eigenvalue weighted by molar-refractivity contribution is 0.440. The predicted octanol–water partition coefficient (Wildman–Crippen LogP) is 4.14. The SMILES string of the molecule is Cn1[c]ccc1Oc1cccc(Br)c1Br. The summed E-state index contributed by atoms with van der Waals surface area (Å²) in [7, 11) is 1.89. The van der Waals surface area contributed by atoms with E-state index in [1.807, 2.05) is 37.4 Å². The van der Waals surface area contributed by atoms with Gasteiger partial charge in [-0.15, -0.1) is 0 Å². The molecule has 0 aliphatic rings. The molecule has 0 amide bonds. The molecule has 1 aromatic carbocycles. The monoisotopic (exact) mass is 328 g/mol. The number of aromatic nitrogens is 1. The molecule has 1 aromatic heterocycles. The second-order valence-electron chi connectivity index (χ2n) is 3.01. The van der Waals surface area contributed by atoms with Crippen LogP contribution in [0.4, 0.5) is 0 Å². The van der Waals surface area contributed by atoms with Crippen LogP contribution < -0.4 is 4.74 Å². The maximum absolute atomic E-state index is 5.72. The molecule has 77 valence electrons. The standard InChI is InChI=1S/C11H8Br2NO/c1-14-7-3-6-10(14)15-9-5-2-4-8(12)11(9)13/h2-6H,1H3. The van der Waals surface area contributed by atoms with E-state index in [0.717, 1.165) is 20.6 Å². The van der Waals surface area contributed by atoms with E-state index in [9.17, 15) is 0 Å². The summed E-state index contributed by atoms with van der Waals surface area (Å²) in [5.74, 6) is 1.54. The molecule has 0 saturated carbocycles. The van der Waals surface area contributed by atoms with E-state index in [-0.39, 0.29) is 0 Å². The number of ether oxygens (including phenoxy) is 1. The quantitative estimate of drug-likeness (QED) is 0.807. The molecular weight excluding hydrogens is 322 g/mol. The number of hydrogen-bond donors (Lipinski definition) is 0. The van der Waals surface area contributed by atoms with Crippen molar-refractivity contribution in [2.24, 2.45) is 7.05 Å². The number of halogens is 2. The molecule has 15 heavy (non-hydrogen) atoms. The minimum absolute atomic E-state index is 0.758. The van der Waals surface area contributed by atoms with Crippen molar-refractivity contribution in [2.45, 2.75) is 0 Å². The first-order chi connectivity index (χ1) is 7.18. The van der Waals surface area contributed by atoms with Crippen LogP contribution in [0.25, 0.3) is 0 Å². The molecule has 0 unspecified atom stereocenters. The number of rotatable bonds is 2. The Kier molecular flexibility index (Phi) is 3.17. The molecule has 0 aliphatic carbocycles. The molecule has 2 rings (SSSR count). The second-order valence-corrected chi connectivity index (χ2v) is 4.66. The summed E-state index contributed by atoms with van der Waals surface area (Å²) in [6.07, 6.45) is 2.99. The van der Waals surface area contributed by atoms with Gasteiger partial charge in [-0.3, -0.25) is 0 Å². The molecule has 0 N–H and O–H groups in total. The van der Waals surface area contributed by atoms with Gasteiger partial charge in [0.15, 0.2) is 5.88 Å². The van der Waals surface area contributed by atoms with Gasteiger partial charge in [-0.1, -0.05) is 6.07 Å².